The van der Waals surface area contributed by atoms with Gasteiger partial charge in [-0.05, 0) is 18.2 Å². The largest absolute Gasteiger partial charge is 0.495 e. The molecule has 0 amide bonds. The normalized spacial score (nSPS) is 10.2. The van der Waals surface area contributed by atoms with Gasteiger partial charge in [0, 0.05) is 0 Å². The molecule has 1 aromatic carbocycles. The zero-order chi connectivity index (χ0) is 12.1. The third-order valence-electron chi connectivity index (χ3n) is 1.81. The minimum Gasteiger partial charge on any atom is -0.495 e. The lowest BCUT2D eigenvalue weighted by Gasteiger charge is -2.07. The second-order valence-corrected chi connectivity index (χ2v) is 2.95. The van der Waals surface area contributed by atoms with Crippen LogP contribution < -0.4 is 10.5 Å². The average molecular weight is 231 g/mol. The Morgan fingerprint density at radius 2 is 2.19 bits per heavy atom. The second-order valence-electron chi connectivity index (χ2n) is 2.95. The first kappa shape index (κ1) is 12.2. The highest BCUT2D eigenvalue weighted by molar-refractivity contribution is 5.90. The number of nitrogens with two attached hydrogens (primary N) is 1. The zero-order valence-corrected chi connectivity index (χ0v) is 8.57. The quantitative estimate of drug-likeness (QED) is 0.632. The van der Waals surface area contributed by atoms with Gasteiger partial charge in [0.1, 0.15) is 5.75 Å². The molecule has 1 aromatic rings. The monoisotopic (exact) mass is 231 g/mol. The van der Waals surface area contributed by atoms with Crippen LogP contribution in [0.2, 0.25) is 0 Å². The van der Waals surface area contributed by atoms with Crippen molar-refractivity contribution in [3.05, 3.63) is 23.8 Å². The van der Waals surface area contributed by atoms with Crippen LogP contribution in [-0.4, -0.2) is 26.1 Å². The lowest BCUT2D eigenvalue weighted by Crippen LogP contribution is -2.11. The van der Waals surface area contributed by atoms with E-state index in [1.807, 2.05) is 0 Å². The van der Waals surface area contributed by atoms with Gasteiger partial charge in [-0.1, -0.05) is 0 Å². The summed E-state index contributed by atoms with van der Waals surface area (Å²) in [6, 6.07) is 4.16. The third kappa shape index (κ3) is 3.08. The number of carbonyl (C=O) groups excluding carboxylic acids is 1. The molecule has 0 bridgehead atoms. The summed E-state index contributed by atoms with van der Waals surface area (Å²) < 4.78 is 32.8. The Balaban J connectivity index is 2.76. The van der Waals surface area contributed by atoms with Crippen molar-refractivity contribution < 1.29 is 23.0 Å². The van der Waals surface area contributed by atoms with E-state index in [-0.39, 0.29) is 5.56 Å². The molecule has 0 heterocycles. The topological polar surface area (TPSA) is 61.5 Å². The van der Waals surface area contributed by atoms with Crippen molar-refractivity contribution in [3.63, 3.8) is 0 Å². The fourth-order valence-electron chi connectivity index (χ4n) is 1.06. The SMILES string of the molecule is COc1cc(C(=O)OCC(F)F)ccc1N. The van der Waals surface area contributed by atoms with Gasteiger partial charge in [0.05, 0.1) is 18.4 Å². The van der Waals surface area contributed by atoms with Crippen molar-refractivity contribution in [2.45, 2.75) is 6.43 Å². The Hall–Kier alpha value is -1.85. The summed E-state index contributed by atoms with van der Waals surface area (Å²) in [6.07, 6.45) is -2.68. The molecule has 0 saturated heterocycles. The summed E-state index contributed by atoms with van der Waals surface area (Å²) in [4.78, 5) is 11.3. The minimum atomic E-state index is -2.68. The number of halogens is 2. The standard InChI is InChI=1S/C10H11F2NO3/c1-15-8-4-6(2-3-7(8)13)10(14)16-5-9(11)12/h2-4,9H,5,13H2,1H3. The lowest BCUT2D eigenvalue weighted by atomic mass is 10.2. The van der Waals surface area contributed by atoms with Crippen molar-refractivity contribution in [1.82, 2.24) is 0 Å². The smallest absolute Gasteiger partial charge is 0.338 e. The van der Waals surface area contributed by atoms with Crippen LogP contribution in [-0.2, 0) is 4.74 Å². The number of rotatable bonds is 4. The van der Waals surface area contributed by atoms with Crippen molar-refractivity contribution in [2.24, 2.45) is 0 Å². The van der Waals surface area contributed by atoms with Crippen LogP contribution in [0, 0.1) is 0 Å². The maximum absolute atomic E-state index is 11.8. The maximum Gasteiger partial charge on any atom is 0.338 e. The van der Waals surface area contributed by atoms with E-state index in [1.54, 1.807) is 0 Å². The molecule has 1 rings (SSSR count). The highest BCUT2D eigenvalue weighted by atomic mass is 19.3. The van der Waals surface area contributed by atoms with Crippen LogP contribution in [0.3, 0.4) is 0 Å². The molecule has 0 fully saturated rings. The molecule has 0 saturated carbocycles. The number of carbonyl (C=O) groups is 1. The van der Waals surface area contributed by atoms with Gasteiger partial charge >= 0.3 is 5.97 Å². The second kappa shape index (κ2) is 5.29. The number of anilines is 1. The summed E-state index contributed by atoms with van der Waals surface area (Å²) in [5.41, 5.74) is 6.00. The summed E-state index contributed by atoms with van der Waals surface area (Å²) in [5.74, 6) is -0.537. The van der Waals surface area contributed by atoms with Crippen LogP contribution in [0.15, 0.2) is 18.2 Å². The molecule has 0 aliphatic carbocycles. The highest BCUT2D eigenvalue weighted by Gasteiger charge is 2.12. The van der Waals surface area contributed by atoms with E-state index in [9.17, 15) is 13.6 Å². The van der Waals surface area contributed by atoms with Gasteiger partial charge < -0.3 is 15.2 Å². The fourth-order valence-corrected chi connectivity index (χ4v) is 1.06. The van der Waals surface area contributed by atoms with E-state index in [1.165, 1.54) is 25.3 Å². The average Bonchev–Trinajstić information content (AvgIpc) is 2.26. The molecule has 0 unspecified atom stereocenters. The fraction of sp³-hybridized carbons (Fsp3) is 0.300. The van der Waals surface area contributed by atoms with Crippen LogP contribution in [0.25, 0.3) is 0 Å². The molecule has 6 heteroatoms. The number of hydrogen-bond donors (Lipinski definition) is 1. The number of alkyl halides is 2. The number of esters is 1. The van der Waals surface area contributed by atoms with E-state index < -0.39 is 19.0 Å². The van der Waals surface area contributed by atoms with Gasteiger partial charge in [0.15, 0.2) is 6.61 Å². The number of hydrogen-bond acceptors (Lipinski definition) is 4. The van der Waals surface area contributed by atoms with E-state index in [0.29, 0.717) is 11.4 Å². The van der Waals surface area contributed by atoms with E-state index >= 15 is 0 Å². The summed E-state index contributed by atoms with van der Waals surface area (Å²) in [5, 5.41) is 0. The minimum absolute atomic E-state index is 0.117. The number of ether oxygens (including phenoxy) is 2. The number of methoxy groups -OCH3 is 1. The first-order chi connectivity index (χ1) is 7.54. The Morgan fingerprint density at radius 1 is 1.50 bits per heavy atom. The molecule has 0 spiro atoms. The predicted molar refractivity (Wildman–Crippen MR) is 53.7 cm³/mol. The predicted octanol–water partition coefficient (Wildman–Crippen LogP) is 1.70. The van der Waals surface area contributed by atoms with Gasteiger partial charge in [-0.25, -0.2) is 13.6 Å². The highest BCUT2D eigenvalue weighted by Crippen LogP contribution is 2.22. The number of benzene rings is 1. The zero-order valence-electron chi connectivity index (χ0n) is 8.57. The molecule has 0 atom stereocenters. The molecule has 88 valence electrons. The van der Waals surface area contributed by atoms with E-state index in [2.05, 4.69) is 4.74 Å². The van der Waals surface area contributed by atoms with E-state index in [4.69, 9.17) is 10.5 Å². The van der Waals surface area contributed by atoms with Crippen molar-refractivity contribution in [2.75, 3.05) is 19.5 Å². The molecular weight excluding hydrogens is 220 g/mol. The maximum atomic E-state index is 11.8. The molecule has 0 aliphatic heterocycles. The van der Waals surface area contributed by atoms with Crippen molar-refractivity contribution in [3.8, 4) is 5.75 Å². The van der Waals surface area contributed by atoms with E-state index in [0.717, 1.165) is 0 Å². The Morgan fingerprint density at radius 3 is 2.75 bits per heavy atom. The van der Waals surface area contributed by atoms with Gasteiger partial charge in [-0.2, -0.15) is 0 Å². The summed E-state index contributed by atoms with van der Waals surface area (Å²) in [7, 11) is 1.39. The molecule has 0 radical (unpaired) electrons. The molecule has 0 aliphatic rings. The van der Waals surface area contributed by atoms with Gasteiger partial charge in [0.25, 0.3) is 6.43 Å². The molecule has 16 heavy (non-hydrogen) atoms. The molecule has 4 nitrogen and oxygen atoms in total. The third-order valence-corrected chi connectivity index (χ3v) is 1.81. The van der Waals surface area contributed by atoms with Crippen molar-refractivity contribution in [1.29, 1.82) is 0 Å². The van der Waals surface area contributed by atoms with Crippen molar-refractivity contribution >= 4 is 11.7 Å². The van der Waals surface area contributed by atoms with Gasteiger partial charge in [-0.3, -0.25) is 0 Å². The van der Waals surface area contributed by atoms with Crippen LogP contribution >= 0.6 is 0 Å². The van der Waals surface area contributed by atoms with Crippen LogP contribution in [0.4, 0.5) is 14.5 Å². The number of nitrogen functional groups attached to an aromatic ring is 1. The molecule has 0 aromatic heterocycles. The first-order valence-corrected chi connectivity index (χ1v) is 4.43. The van der Waals surface area contributed by atoms with Gasteiger partial charge in [-0.15, -0.1) is 0 Å². The molecular formula is C10H11F2NO3. The van der Waals surface area contributed by atoms with Crippen LogP contribution in [0.5, 0.6) is 5.75 Å². The van der Waals surface area contributed by atoms with Crippen LogP contribution in [0.1, 0.15) is 10.4 Å². The lowest BCUT2D eigenvalue weighted by molar-refractivity contribution is 0.0160. The summed E-state index contributed by atoms with van der Waals surface area (Å²) in [6.45, 7) is -0.925. The Labute approximate surface area is 91.0 Å². The first-order valence-electron chi connectivity index (χ1n) is 4.43. The Bertz CT molecular complexity index is 382. The van der Waals surface area contributed by atoms with Gasteiger partial charge in [0.2, 0.25) is 0 Å². The molecule has 2 N–H and O–H groups in total. The Kier molecular flexibility index (Phi) is 4.04. The summed E-state index contributed by atoms with van der Waals surface area (Å²) >= 11 is 0.